The molecule has 1 aromatic carbocycles. The summed E-state index contributed by atoms with van der Waals surface area (Å²) in [5.74, 6) is -0.439. The fraction of sp³-hybridized carbons (Fsp3) is 0.333. The molecule has 1 aliphatic heterocycles. The lowest BCUT2D eigenvalue weighted by atomic mass is 10.1. The van der Waals surface area contributed by atoms with Crippen LogP contribution < -0.4 is 21.5 Å². The number of carbonyl (C=O) groups is 1. The van der Waals surface area contributed by atoms with Crippen molar-refractivity contribution in [2.45, 2.75) is 31.6 Å². The number of nitrogens with two attached hydrogens (primary N) is 2. The molecule has 1 aromatic rings. The summed E-state index contributed by atoms with van der Waals surface area (Å²) in [6.45, 7) is 4.09. The van der Waals surface area contributed by atoms with Gasteiger partial charge < -0.3 is 26.5 Å². The van der Waals surface area contributed by atoms with Gasteiger partial charge in [-0.25, -0.2) is 8.42 Å². The second-order valence-electron chi connectivity index (χ2n) is 7.55. The minimum atomic E-state index is -3.78. The standard InChI is InChI=1S/C21H28N6O4S/c1-14-4-3-5-17(12-14)32(29,30)26-18-9-6-15(2)27(20(18)16-7-8-16)13-19(28)24-10-11-31-25-21(22)23/h3-6,9,12,26H,7-8,10-11,13H2,1-2H3,(H,24,28)(H4,22,23,25). The Morgan fingerprint density at radius 1 is 1.22 bits per heavy atom. The van der Waals surface area contributed by atoms with Gasteiger partial charge in [0.1, 0.15) is 13.2 Å². The third kappa shape index (κ3) is 6.03. The Morgan fingerprint density at radius 3 is 2.62 bits per heavy atom. The predicted octanol–water partition coefficient (Wildman–Crippen LogP) is 0.746. The van der Waals surface area contributed by atoms with Gasteiger partial charge in [0.2, 0.25) is 11.9 Å². The number of rotatable bonds is 9. The van der Waals surface area contributed by atoms with Crippen molar-refractivity contribution in [1.82, 2.24) is 14.9 Å². The number of hydrogen-bond donors (Lipinski definition) is 4. The van der Waals surface area contributed by atoms with Gasteiger partial charge >= 0.3 is 0 Å². The van der Waals surface area contributed by atoms with E-state index in [4.69, 9.17) is 16.3 Å². The molecule has 2 aliphatic rings. The number of nitrogens with zero attached hydrogens (tertiary/aromatic N) is 2. The van der Waals surface area contributed by atoms with E-state index < -0.39 is 10.0 Å². The summed E-state index contributed by atoms with van der Waals surface area (Å²) in [7, 11) is -3.78. The van der Waals surface area contributed by atoms with Gasteiger partial charge in [-0.05, 0) is 67.3 Å². The molecule has 32 heavy (non-hydrogen) atoms. The summed E-state index contributed by atoms with van der Waals surface area (Å²) in [5, 5.41) is 6.12. The van der Waals surface area contributed by atoms with Crippen molar-refractivity contribution in [3.8, 4) is 0 Å². The third-order valence-corrected chi connectivity index (χ3v) is 6.17. The van der Waals surface area contributed by atoms with Crippen molar-refractivity contribution >= 4 is 21.9 Å². The zero-order chi connectivity index (χ0) is 23.3. The van der Waals surface area contributed by atoms with E-state index in [-0.39, 0.29) is 36.5 Å². The summed E-state index contributed by atoms with van der Waals surface area (Å²) in [6, 6.07) is 6.72. The van der Waals surface area contributed by atoms with E-state index in [2.05, 4.69) is 15.2 Å². The highest BCUT2D eigenvalue weighted by molar-refractivity contribution is 7.89. The van der Waals surface area contributed by atoms with Crippen LogP contribution in [0.2, 0.25) is 0 Å². The van der Waals surface area contributed by atoms with Gasteiger partial charge in [0.15, 0.2) is 0 Å². The monoisotopic (exact) mass is 460 g/mol. The van der Waals surface area contributed by atoms with E-state index in [1.807, 2.05) is 24.8 Å². The van der Waals surface area contributed by atoms with Crippen molar-refractivity contribution in [2.24, 2.45) is 16.6 Å². The normalized spacial score (nSPS) is 15.5. The van der Waals surface area contributed by atoms with Crippen LogP contribution >= 0.6 is 0 Å². The molecule has 1 amide bonds. The molecule has 0 atom stereocenters. The highest BCUT2D eigenvalue weighted by atomic mass is 32.2. The van der Waals surface area contributed by atoms with Crippen LogP contribution in [0.4, 0.5) is 0 Å². The van der Waals surface area contributed by atoms with Crippen molar-refractivity contribution in [2.75, 3.05) is 19.7 Å². The molecule has 1 saturated carbocycles. The van der Waals surface area contributed by atoms with Gasteiger partial charge in [-0.3, -0.25) is 9.52 Å². The van der Waals surface area contributed by atoms with E-state index in [1.165, 1.54) is 0 Å². The van der Waals surface area contributed by atoms with Crippen LogP contribution in [0.3, 0.4) is 0 Å². The Morgan fingerprint density at radius 2 is 1.97 bits per heavy atom. The Labute approximate surface area is 187 Å². The number of sulfonamides is 1. The summed E-state index contributed by atoms with van der Waals surface area (Å²) in [4.78, 5) is 19.4. The van der Waals surface area contributed by atoms with E-state index in [0.29, 0.717) is 5.70 Å². The molecule has 1 fully saturated rings. The third-order valence-electron chi connectivity index (χ3n) is 4.81. The van der Waals surface area contributed by atoms with Crippen LogP contribution in [-0.2, 0) is 19.7 Å². The van der Waals surface area contributed by atoms with Crippen molar-refractivity contribution in [1.29, 1.82) is 0 Å². The molecular weight excluding hydrogens is 432 g/mol. The number of nitrogens with one attached hydrogen (secondary N) is 2. The van der Waals surface area contributed by atoms with Crippen LogP contribution in [0, 0.1) is 6.92 Å². The molecule has 3 rings (SSSR count). The quantitative estimate of drug-likeness (QED) is 0.184. The summed E-state index contributed by atoms with van der Waals surface area (Å²) >= 11 is 0. The van der Waals surface area contributed by atoms with Gasteiger partial charge in [0, 0.05) is 5.70 Å². The Hall–Kier alpha value is -3.47. The average molecular weight is 461 g/mol. The molecule has 11 heteroatoms. The fourth-order valence-electron chi connectivity index (χ4n) is 3.20. The molecule has 0 unspecified atom stereocenters. The lowest BCUT2D eigenvalue weighted by molar-refractivity contribution is -0.121. The number of aryl methyl sites for hydroxylation is 1. The second-order valence-corrected chi connectivity index (χ2v) is 9.23. The van der Waals surface area contributed by atoms with Crippen molar-refractivity contribution < 1.29 is 18.0 Å². The molecule has 0 radical (unpaired) electrons. The van der Waals surface area contributed by atoms with Crippen LogP contribution in [0.25, 0.3) is 0 Å². The zero-order valence-electron chi connectivity index (χ0n) is 18.1. The Kier molecular flexibility index (Phi) is 7.08. The smallest absolute Gasteiger partial charge is 0.261 e. The fourth-order valence-corrected chi connectivity index (χ4v) is 4.37. The number of benzene rings is 1. The van der Waals surface area contributed by atoms with Gasteiger partial charge in [0.05, 0.1) is 22.8 Å². The first-order valence-corrected chi connectivity index (χ1v) is 11.6. The van der Waals surface area contributed by atoms with E-state index >= 15 is 0 Å². The average Bonchev–Trinajstić information content (AvgIpc) is 3.55. The zero-order valence-corrected chi connectivity index (χ0v) is 18.9. The molecule has 1 aliphatic carbocycles. The summed E-state index contributed by atoms with van der Waals surface area (Å²) < 4.78 is 28.6. The Balaban J connectivity index is 1.72. The van der Waals surface area contributed by atoms with E-state index in [1.54, 1.807) is 30.4 Å². The van der Waals surface area contributed by atoms with Crippen LogP contribution in [-0.4, -0.2) is 44.9 Å². The minimum absolute atomic E-state index is 0.0347. The number of carbonyl (C=O) groups excluding carboxylic acids is 1. The van der Waals surface area contributed by atoms with Crippen LogP contribution in [0.5, 0.6) is 0 Å². The molecular formula is C21H28N6O4S. The molecule has 1 heterocycles. The predicted molar refractivity (Wildman–Crippen MR) is 121 cm³/mol. The first-order chi connectivity index (χ1) is 15.2. The maximum atomic E-state index is 13.0. The molecule has 0 aromatic heterocycles. The number of amides is 1. The van der Waals surface area contributed by atoms with Crippen LogP contribution in [0.1, 0.15) is 25.3 Å². The lowest BCUT2D eigenvalue weighted by Crippen LogP contribution is -2.40. The lowest BCUT2D eigenvalue weighted by Gasteiger charge is -2.32. The summed E-state index contributed by atoms with van der Waals surface area (Å²) in [6.07, 6.45) is 5.24. The topological polar surface area (TPSA) is 152 Å². The number of allylic oxidation sites excluding steroid dienone is 4. The van der Waals surface area contributed by atoms with Gasteiger partial charge in [0.25, 0.3) is 10.0 Å². The molecule has 0 bridgehead atoms. The van der Waals surface area contributed by atoms with Gasteiger partial charge in [-0.2, -0.15) is 0 Å². The minimum Gasteiger partial charge on any atom is -0.391 e. The molecule has 6 N–H and O–H groups in total. The van der Waals surface area contributed by atoms with E-state index in [0.717, 1.165) is 35.4 Å². The maximum absolute atomic E-state index is 13.0. The SMILES string of the molecule is CC1=CC=C(NS(=O)(=O)c2cccc(C)c2)C(=C2CC2)N1CC(=O)NCCON=C(N)N. The van der Waals surface area contributed by atoms with Crippen LogP contribution in [0.15, 0.2) is 69.1 Å². The molecule has 10 nitrogen and oxygen atoms in total. The molecule has 0 spiro atoms. The van der Waals surface area contributed by atoms with Crippen molar-refractivity contribution in [3.05, 3.63) is 64.6 Å². The number of guanidine groups is 1. The van der Waals surface area contributed by atoms with Crippen molar-refractivity contribution in [3.63, 3.8) is 0 Å². The molecule has 172 valence electrons. The number of oxime groups is 1. The highest BCUT2D eigenvalue weighted by Crippen LogP contribution is 2.39. The maximum Gasteiger partial charge on any atom is 0.261 e. The highest BCUT2D eigenvalue weighted by Gasteiger charge is 2.31. The van der Waals surface area contributed by atoms with Gasteiger partial charge in [-0.15, -0.1) is 0 Å². The second kappa shape index (κ2) is 9.77. The first kappa shape index (κ1) is 23.2. The van der Waals surface area contributed by atoms with E-state index in [9.17, 15) is 13.2 Å². The first-order valence-electron chi connectivity index (χ1n) is 10.1. The van der Waals surface area contributed by atoms with Gasteiger partial charge in [-0.1, -0.05) is 12.1 Å². The number of hydrogen-bond acceptors (Lipinski definition) is 6. The molecule has 0 saturated heterocycles. The largest absolute Gasteiger partial charge is 0.391 e. The Bertz CT molecular complexity index is 1110. The summed E-state index contributed by atoms with van der Waals surface area (Å²) in [5.41, 5.74) is 14.3.